The van der Waals surface area contributed by atoms with E-state index in [1.807, 2.05) is 0 Å². The fourth-order valence-corrected chi connectivity index (χ4v) is 0.778. The highest BCUT2D eigenvalue weighted by Gasteiger charge is 2.17. The normalized spacial score (nSPS) is 12.0. The average Bonchev–Trinajstić information content (AvgIpc) is 1.59. The van der Waals surface area contributed by atoms with Gasteiger partial charge in [0, 0.05) is 0 Å². The Hall–Kier alpha value is 0.870. The molecule has 0 nitrogen and oxygen atoms in total. The molecule has 0 rings (SSSR count). The Morgan fingerprint density at radius 3 is 1.88 bits per heavy atom. The van der Waals surface area contributed by atoms with Gasteiger partial charge in [0.25, 0.3) is 0 Å². The molecule has 0 aliphatic carbocycles. The second kappa shape index (κ2) is 3.81. The van der Waals surface area contributed by atoms with Crippen LogP contribution in [0.15, 0.2) is 0 Å². The van der Waals surface area contributed by atoms with Crippen molar-refractivity contribution in [3.8, 4) is 0 Å². The van der Waals surface area contributed by atoms with Gasteiger partial charge in [-0.15, -0.1) is 0 Å². The first-order valence-electron chi connectivity index (χ1n) is 2.63. The van der Waals surface area contributed by atoms with Crippen LogP contribution in [0.4, 0.5) is 0 Å². The molecule has 0 radical (unpaired) electrons. The Bertz CT molecular complexity index is 55.2. The molecular weight excluding hydrogens is 166 g/mol. The Labute approximate surface area is 65.1 Å². The summed E-state index contributed by atoms with van der Waals surface area (Å²) in [6, 6.07) is 0. The second-order valence-corrected chi connectivity index (χ2v) is 4.23. The minimum atomic E-state index is -1.03. The van der Waals surface area contributed by atoms with Gasteiger partial charge in [-0.2, -0.15) is 0 Å². The highest BCUT2D eigenvalue weighted by atomic mass is 35.6. The van der Waals surface area contributed by atoms with E-state index in [0.717, 1.165) is 12.8 Å². The Morgan fingerprint density at radius 1 is 1.25 bits per heavy atom. The summed E-state index contributed by atoms with van der Waals surface area (Å²) in [5.74, 6) is 0. The molecule has 0 aliphatic heterocycles. The second-order valence-electron chi connectivity index (χ2n) is 1.72. The highest BCUT2D eigenvalue weighted by molar-refractivity contribution is 6.67. The summed E-state index contributed by atoms with van der Waals surface area (Å²) >= 11 is 16.3. The van der Waals surface area contributed by atoms with E-state index in [1.165, 1.54) is 0 Å². The van der Waals surface area contributed by atoms with Gasteiger partial charge in [-0.25, -0.2) is 0 Å². The lowest BCUT2D eigenvalue weighted by Crippen LogP contribution is -1.99. The maximum absolute atomic E-state index is 5.44. The van der Waals surface area contributed by atoms with E-state index in [2.05, 4.69) is 6.92 Å². The molecule has 0 aromatic rings. The van der Waals surface area contributed by atoms with Crippen molar-refractivity contribution in [2.45, 2.75) is 30.0 Å². The van der Waals surface area contributed by atoms with Crippen LogP contribution >= 0.6 is 34.8 Å². The molecule has 3 heteroatoms. The molecule has 0 aromatic heterocycles. The Kier molecular flexibility index (Phi) is 4.23. The standard InChI is InChI=1S/C5H9Cl3/c1-2-3-4-5(6,7)8/h2-4H2,1H3. The van der Waals surface area contributed by atoms with Gasteiger partial charge in [0.2, 0.25) is 0 Å². The van der Waals surface area contributed by atoms with Gasteiger partial charge < -0.3 is 0 Å². The third-order valence-corrected chi connectivity index (χ3v) is 1.38. The molecule has 8 heavy (non-hydrogen) atoms. The fraction of sp³-hybridized carbons (Fsp3) is 1.00. The first-order valence-corrected chi connectivity index (χ1v) is 3.76. The minimum Gasteiger partial charge on any atom is -0.0837 e. The van der Waals surface area contributed by atoms with Crippen LogP contribution < -0.4 is 0 Å². The number of hydrogen-bond acceptors (Lipinski definition) is 0. The van der Waals surface area contributed by atoms with Gasteiger partial charge in [-0.1, -0.05) is 48.1 Å². The summed E-state index contributed by atoms with van der Waals surface area (Å²) in [5.41, 5.74) is 0. The summed E-state index contributed by atoms with van der Waals surface area (Å²) in [4.78, 5) is 0. The van der Waals surface area contributed by atoms with Crippen LogP contribution in [0.3, 0.4) is 0 Å². The molecule has 0 heterocycles. The van der Waals surface area contributed by atoms with Crippen LogP contribution in [-0.2, 0) is 0 Å². The lowest BCUT2D eigenvalue weighted by Gasteiger charge is -2.07. The van der Waals surface area contributed by atoms with E-state index in [-0.39, 0.29) is 0 Å². The molecule has 0 unspecified atom stereocenters. The molecule has 0 saturated heterocycles. The topological polar surface area (TPSA) is 0 Å². The maximum atomic E-state index is 5.44. The van der Waals surface area contributed by atoms with Crippen molar-refractivity contribution in [1.82, 2.24) is 0 Å². The molecule has 0 amide bonds. The van der Waals surface area contributed by atoms with Crippen LogP contribution in [0.2, 0.25) is 0 Å². The molecule has 0 atom stereocenters. The molecule has 0 saturated carbocycles. The van der Waals surface area contributed by atoms with E-state index in [9.17, 15) is 0 Å². The molecular formula is C5H9Cl3. The molecule has 50 valence electrons. The van der Waals surface area contributed by atoms with Crippen molar-refractivity contribution >= 4 is 34.8 Å². The largest absolute Gasteiger partial charge is 0.190 e. The summed E-state index contributed by atoms with van der Waals surface area (Å²) in [7, 11) is 0. The zero-order chi connectivity index (χ0) is 6.62. The van der Waals surface area contributed by atoms with E-state index in [4.69, 9.17) is 34.8 Å². The lowest BCUT2D eigenvalue weighted by molar-refractivity contribution is 0.733. The number of unbranched alkanes of at least 4 members (excludes halogenated alkanes) is 1. The summed E-state index contributed by atoms with van der Waals surface area (Å²) < 4.78 is -1.03. The van der Waals surface area contributed by atoms with Gasteiger partial charge in [-0.05, 0) is 12.8 Å². The van der Waals surface area contributed by atoms with E-state index in [0.29, 0.717) is 6.42 Å². The number of alkyl halides is 3. The zero-order valence-corrected chi connectivity index (χ0v) is 7.02. The van der Waals surface area contributed by atoms with Crippen LogP contribution in [0.1, 0.15) is 26.2 Å². The van der Waals surface area contributed by atoms with Gasteiger partial charge in [0.1, 0.15) is 0 Å². The van der Waals surface area contributed by atoms with Crippen molar-refractivity contribution in [3.05, 3.63) is 0 Å². The SMILES string of the molecule is CCCCC(Cl)(Cl)Cl. The third kappa shape index (κ3) is 6.87. The van der Waals surface area contributed by atoms with E-state index >= 15 is 0 Å². The molecule has 0 N–H and O–H groups in total. The monoisotopic (exact) mass is 174 g/mol. The Morgan fingerprint density at radius 2 is 1.75 bits per heavy atom. The molecule has 0 fully saturated rings. The van der Waals surface area contributed by atoms with Crippen LogP contribution in [0, 0.1) is 0 Å². The lowest BCUT2D eigenvalue weighted by atomic mass is 10.3. The quantitative estimate of drug-likeness (QED) is 0.563. The van der Waals surface area contributed by atoms with Gasteiger partial charge >= 0.3 is 0 Å². The molecule has 0 aromatic carbocycles. The van der Waals surface area contributed by atoms with Gasteiger partial charge in [0.15, 0.2) is 3.79 Å². The highest BCUT2D eigenvalue weighted by Crippen LogP contribution is 2.31. The average molecular weight is 175 g/mol. The molecule has 0 bridgehead atoms. The third-order valence-electron chi connectivity index (χ3n) is 0.814. The van der Waals surface area contributed by atoms with Crippen molar-refractivity contribution in [1.29, 1.82) is 0 Å². The zero-order valence-electron chi connectivity index (χ0n) is 4.76. The Balaban J connectivity index is 3.11. The van der Waals surface area contributed by atoms with Crippen molar-refractivity contribution in [3.63, 3.8) is 0 Å². The van der Waals surface area contributed by atoms with Crippen molar-refractivity contribution in [2.75, 3.05) is 0 Å². The van der Waals surface area contributed by atoms with E-state index in [1.54, 1.807) is 0 Å². The predicted molar refractivity (Wildman–Crippen MR) is 39.8 cm³/mol. The number of rotatable bonds is 2. The first kappa shape index (κ1) is 8.87. The van der Waals surface area contributed by atoms with Gasteiger partial charge in [0.05, 0.1) is 0 Å². The van der Waals surface area contributed by atoms with Crippen LogP contribution in [-0.4, -0.2) is 3.79 Å². The summed E-state index contributed by atoms with van der Waals surface area (Å²) in [5, 5.41) is 0. The number of hydrogen-bond donors (Lipinski definition) is 0. The van der Waals surface area contributed by atoms with Crippen molar-refractivity contribution < 1.29 is 0 Å². The molecule has 0 aliphatic rings. The van der Waals surface area contributed by atoms with Crippen LogP contribution in [0.5, 0.6) is 0 Å². The summed E-state index contributed by atoms with van der Waals surface area (Å²) in [6.07, 6.45) is 2.72. The first-order chi connectivity index (χ1) is 3.56. The smallest absolute Gasteiger partial charge is 0.0837 e. The minimum absolute atomic E-state index is 0.661. The van der Waals surface area contributed by atoms with Crippen molar-refractivity contribution in [2.24, 2.45) is 0 Å². The van der Waals surface area contributed by atoms with E-state index < -0.39 is 3.79 Å². The maximum Gasteiger partial charge on any atom is 0.190 e. The van der Waals surface area contributed by atoms with Crippen LogP contribution in [0.25, 0.3) is 0 Å². The van der Waals surface area contributed by atoms with Gasteiger partial charge in [-0.3, -0.25) is 0 Å². The summed E-state index contributed by atoms with van der Waals surface area (Å²) in [6.45, 7) is 2.07. The molecule has 0 spiro atoms. The number of halogens is 3. The predicted octanol–water partition coefficient (Wildman–Crippen LogP) is 3.55. The fourth-order valence-electron chi connectivity index (χ4n) is 0.377.